The first-order chi connectivity index (χ1) is 11.8. The van der Waals surface area contributed by atoms with Crippen molar-refractivity contribution in [2.75, 3.05) is 11.9 Å². The van der Waals surface area contributed by atoms with Gasteiger partial charge in [-0.2, -0.15) is 0 Å². The van der Waals surface area contributed by atoms with Crippen molar-refractivity contribution in [2.24, 2.45) is 0 Å². The van der Waals surface area contributed by atoms with Crippen molar-refractivity contribution in [1.82, 2.24) is 10.3 Å². The van der Waals surface area contributed by atoms with Crippen LogP contribution in [0.5, 0.6) is 0 Å². The topological polar surface area (TPSA) is 71.1 Å². The second-order valence-corrected chi connectivity index (χ2v) is 6.71. The lowest BCUT2D eigenvalue weighted by atomic mass is 9.87. The van der Waals surface area contributed by atoms with Gasteiger partial charge in [0.2, 0.25) is 0 Å². The summed E-state index contributed by atoms with van der Waals surface area (Å²) in [7, 11) is 0. The van der Waals surface area contributed by atoms with E-state index in [0.29, 0.717) is 17.8 Å². The van der Waals surface area contributed by atoms with Crippen LogP contribution in [-0.4, -0.2) is 23.3 Å². The number of hydrogen-bond donors (Lipinski definition) is 2. The van der Waals surface area contributed by atoms with E-state index in [1.54, 1.807) is 12.1 Å². The van der Waals surface area contributed by atoms with Gasteiger partial charge >= 0.3 is 0 Å². The number of benzene rings is 1. The molecule has 1 aromatic carbocycles. The molecule has 0 aliphatic carbocycles. The number of nitrogens with one attached hydrogen (secondary N) is 2. The second-order valence-electron chi connectivity index (χ2n) is 6.71. The smallest absolute Gasteiger partial charge is 0.274 e. The molecular weight excluding hydrogens is 314 g/mol. The number of hydrogen-bond acceptors (Lipinski definition) is 3. The van der Waals surface area contributed by atoms with Crippen molar-refractivity contribution >= 4 is 17.5 Å². The van der Waals surface area contributed by atoms with E-state index in [0.717, 1.165) is 0 Å². The van der Waals surface area contributed by atoms with Gasteiger partial charge in [0.15, 0.2) is 0 Å². The Kier molecular flexibility index (Phi) is 5.70. The summed E-state index contributed by atoms with van der Waals surface area (Å²) in [5, 5.41) is 5.47. The molecule has 0 fully saturated rings. The molecule has 5 heteroatoms. The third-order valence-electron chi connectivity index (χ3n) is 3.67. The Morgan fingerprint density at radius 1 is 1.12 bits per heavy atom. The average Bonchev–Trinajstić information content (AvgIpc) is 2.59. The molecule has 25 heavy (non-hydrogen) atoms. The predicted molar refractivity (Wildman–Crippen MR) is 99.9 cm³/mol. The lowest BCUT2D eigenvalue weighted by Gasteiger charge is -2.19. The molecule has 2 aromatic rings. The summed E-state index contributed by atoms with van der Waals surface area (Å²) >= 11 is 0. The minimum absolute atomic E-state index is 0.0528. The van der Waals surface area contributed by atoms with E-state index in [1.165, 1.54) is 17.8 Å². The summed E-state index contributed by atoms with van der Waals surface area (Å²) in [5.41, 5.74) is 2.49. The standard InChI is InChI=1S/C20H23N3O2/c1-5-11-22-18(24)14-10-12-21-17(13-14)19(25)23-16-8-6-15(7-9-16)20(2,3)4/h5-10,12-13H,1,11H2,2-4H3,(H,22,24)(H,23,25). The van der Waals surface area contributed by atoms with Crippen molar-refractivity contribution in [3.05, 3.63) is 72.1 Å². The van der Waals surface area contributed by atoms with E-state index in [-0.39, 0.29) is 22.9 Å². The summed E-state index contributed by atoms with van der Waals surface area (Å²) in [6, 6.07) is 10.7. The van der Waals surface area contributed by atoms with Crippen molar-refractivity contribution in [3.63, 3.8) is 0 Å². The molecule has 0 aliphatic rings. The van der Waals surface area contributed by atoms with Gasteiger partial charge in [-0.3, -0.25) is 14.6 Å². The maximum Gasteiger partial charge on any atom is 0.274 e. The molecular formula is C20H23N3O2. The molecule has 0 bridgehead atoms. The van der Waals surface area contributed by atoms with E-state index < -0.39 is 0 Å². The molecule has 0 unspecified atom stereocenters. The first-order valence-corrected chi connectivity index (χ1v) is 8.08. The van der Waals surface area contributed by atoms with E-state index in [1.807, 2.05) is 24.3 Å². The van der Waals surface area contributed by atoms with Gasteiger partial charge in [-0.1, -0.05) is 39.0 Å². The van der Waals surface area contributed by atoms with Gasteiger partial charge in [-0.15, -0.1) is 6.58 Å². The molecule has 0 atom stereocenters. The van der Waals surface area contributed by atoms with Crippen molar-refractivity contribution in [1.29, 1.82) is 0 Å². The Morgan fingerprint density at radius 3 is 2.40 bits per heavy atom. The highest BCUT2D eigenvalue weighted by Gasteiger charge is 2.14. The van der Waals surface area contributed by atoms with Crippen LogP contribution in [0.4, 0.5) is 5.69 Å². The highest BCUT2D eigenvalue weighted by molar-refractivity contribution is 6.04. The maximum atomic E-state index is 12.4. The molecule has 1 aromatic heterocycles. The van der Waals surface area contributed by atoms with E-state index in [2.05, 4.69) is 43.0 Å². The first-order valence-electron chi connectivity index (χ1n) is 8.08. The van der Waals surface area contributed by atoms with Gasteiger partial charge in [-0.05, 0) is 35.2 Å². The summed E-state index contributed by atoms with van der Waals surface area (Å²) in [5.74, 6) is -0.632. The fourth-order valence-corrected chi connectivity index (χ4v) is 2.21. The van der Waals surface area contributed by atoms with E-state index in [9.17, 15) is 9.59 Å². The number of rotatable bonds is 5. The van der Waals surface area contributed by atoms with Crippen LogP contribution in [-0.2, 0) is 5.41 Å². The number of nitrogens with zero attached hydrogens (tertiary/aromatic N) is 1. The predicted octanol–water partition coefficient (Wildman–Crippen LogP) is 3.55. The molecule has 130 valence electrons. The summed E-state index contributed by atoms with van der Waals surface area (Å²) < 4.78 is 0. The zero-order valence-corrected chi connectivity index (χ0v) is 14.8. The van der Waals surface area contributed by atoms with Crippen molar-refractivity contribution < 1.29 is 9.59 Å². The molecule has 0 spiro atoms. The normalized spacial score (nSPS) is 10.8. The Balaban J connectivity index is 2.10. The summed E-state index contributed by atoms with van der Waals surface area (Å²) in [4.78, 5) is 28.4. The minimum Gasteiger partial charge on any atom is -0.349 e. The van der Waals surface area contributed by atoms with Crippen LogP contribution in [0, 0.1) is 0 Å². The molecule has 2 N–H and O–H groups in total. The van der Waals surface area contributed by atoms with Crippen LogP contribution in [0.25, 0.3) is 0 Å². The molecule has 0 saturated carbocycles. The van der Waals surface area contributed by atoms with Crippen molar-refractivity contribution in [3.8, 4) is 0 Å². The molecule has 2 amide bonds. The van der Waals surface area contributed by atoms with Crippen LogP contribution in [0.3, 0.4) is 0 Å². The van der Waals surface area contributed by atoms with Gasteiger partial charge < -0.3 is 10.6 Å². The summed E-state index contributed by atoms with van der Waals surface area (Å²) in [6.45, 7) is 10.3. The molecule has 2 rings (SSSR count). The van der Waals surface area contributed by atoms with Gasteiger partial charge in [-0.25, -0.2) is 0 Å². The van der Waals surface area contributed by atoms with Crippen LogP contribution in [0.15, 0.2) is 55.3 Å². The van der Waals surface area contributed by atoms with Crippen molar-refractivity contribution in [2.45, 2.75) is 26.2 Å². The first kappa shape index (κ1) is 18.4. The van der Waals surface area contributed by atoms with Crippen LogP contribution in [0.2, 0.25) is 0 Å². The lowest BCUT2D eigenvalue weighted by Crippen LogP contribution is -2.24. The quantitative estimate of drug-likeness (QED) is 0.820. The minimum atomic E-state index is -0.359. The summed E-state index contributed by atoms with van der Waals surface area (Å²) in [6.07, 6.45) is 3.04. The highest BCUT2D eigenvalue weighted by Crippen LogP contribution is 2.23. The zero-order chi connectivity index (χ0) is 18.4. The Bertz CT molecular complexity index is 774. The Morgan fingerprint density at radius 2 is 1.80 bits per heavy atom. The monoisotopic (exact) mass is 337 g/mol. The second kappa shape index (κ2) is 7.75. The van der Waals surface area contributed by atoms with Crippen LogP contribution < -0.4 is 10.6 Å². The van der Waals surface area contributed by atoms with Gasteiger partial charge in [0, 0.05) is 24.0 Å². The van der Waals surface area contributed by atoms with Crippen LogP contribution >= 0.6 is 0 Å². The number of carbonyl (C=O) groups excluding carboxylic acids is 2. The fraction of sp³-hybridized carbons (Fsp3) is 0.250. The van der Waals surface area contributed by atoms with Crippen LogP contribution in [0.1, 0.15) is 47.2 Å². The molecule has 0 saturated heterocycles. The number of amides is 2. The molecule has 0 aliphatic heterocycles. The largest absolute Gasteiger partial charge is 0.349 e. The van der Waals surface area contributed by atoms with Gasteiger partial charge in [0.25, 0.3) is 11.8 Å². The molecule has 5 nitrogen and oxygen atoms in total. The average molecular weight is 337 g/mol. The highest BCUT2D eigenvalue weighted by atomic mass is 16.2. The van der Waals surface area contributed by atoms with E-state index >= 15 is 0 Å². The third kappa shape index (κ3) is 5.01. The Labute approximate surface area is 148 Å². The number of anilines is 1. The maximum absolute atomic E-state index is 12.4. The fourth-order valence-electron chi connectivity index (χ4n) is 2.21. The van der Waals surface area contributed by atoms with Gasteiger partial charge in [0.1, 0.15) is 5.69 Å². The molecule has 1 heterocycles. The van der Waals surface area contributed by atoms with E-state index in [4.69, 9.17) is 0 Å². The zero-order valence-electron chi connectivity index (χ0n) is 14.8. The number of pyridine rings is 1. The van der Waals surface area contributed by atoms with Gasteiger partial charge in [0.05, 0.1) is 0 Å². The Hall–Kier alpha value is -2.95. The third-order valence-corrected chi connectivity index (χ3v) is 3.67. The molecule has 0 radical (unpaired) electrons. The number of aromatic nitrogens is 1. The SMILES string of the molecule is C=CCNC(=O)c1ccnc(C(=O)Nc2ccc(C(C)(C)C)cc2)c1. The lowest BCUT2D eigenvalue weighted by molar-refractivity contribution is 0.0958. The number of carbonyl (C=O) groups is 2.